The molecular formula is C22H25N3O. The topological polar surface area (TPSA) is 48.1 Å². The van der Waals surface area contributed by atoms with Crippen molar-refractivity contribution >= 4 is 11.6 Å². The molecule has 0 aliphatic rings. The number of anilines is 1. The third kappa shape index (κ3) is 4.21. The first-order valence-corrected chi connectivity index (χ1v) is 9.07. The van der Waals surface area contributed by atoms with Gasteiger partial charge in [0.2, 0.25) is 5.91 Å². The second-order valence-corrected chi connectivity index (χ2v) is 6.21. The summed E-state index contributed by atoms with van der Waals surface area (Å²) in [6, 6.07) is 22.2. The van der Waals surface area contributed by atoms with Crippen LogP contribution >= 0.6 is 0 Å². The zero-order valence-corrected chi connectivity index (χ0v) is 15.3. The van der Waals surface area contributed by atoms with Crippen molar-refractivity contribution in [2.45, 2.75) is 13.8 Å². The molecule has 1 heterocycles. The third-order valence-electron chi connectivity index (χ3n) is 4.50. The van der Waals surface area contributed by atoms with Gasteiger partial charge < -0.3 is 10.3 Å². The molecule has 0 radical (unpaired) electrons. The van der Waals surface area contributed by atoms with Crippen LogP contribution in [0.1, 0.15) is 13.8 Å². The molecule has 0 unspecified atom stereocenters. The molecule has 0 aliphatic carbocycles. The third-order valence-corrected chi connectivity index (χ3v) is 4.50. The van der Waals surface area contributed by atoms with E-state index in [0.717, 1.165) is 41.3 Å². The van der Waals surface area contributed by atoms with Crippen molar-refractivity contribution in [2.24, 2.45) is 0 Å². The number of carbonyl (C=O) groups is 1. The van der Waals surface area contributed by atoms with Crippen LogP contribution in [-0.4, -0.2) is 35.4 Å². The van der Waals surface area contributed by atoms with E-state index in [4.69, 9.17) is 0 Å². The number of aromatic amines is 1. The standard InChI is InChI=1S/C22H25N3O/c1-3-25(4-2)16-21(26)23-20-15-19(17-11-7-5-8-12-17)24-22(20)18-13-9-6-10-14-18/h5-15,24H,3-4,16H2,1-2H3,(H,23,26). The summed E-state index contributed by atoms with van der Waals surface area (Å²) in [6.07, 6.45) is 0. The van der Waals surface area contributed by atoms with Crippen LogP contribution in [-0.2, 0) is 4.79 Å². The van der Waals surface area contributed by atoms with Crippen LogP contribution in [0.5, 0.6) is 0 Å². The van der Waals surface area contributed by atoms with Crippen LogP contribution in [0.3, 0.4) is 0 Å². The molecule has 4 nitrogen and oxygen atoms in total. The molecule has 0 saturated heterocycles. The van der Waals surface area contributed by atoms with Gasteiger partial charge in [-0.2, -0.15) is 0 Å². The molecule has 3 rings (SSSR count). The first-order chi connectivity index (χ1) is 12.7. The van der Waals surface area contributed by atoms with Gasteiger partial charge in [0.25, 0.3) is 0 Å². The van der Waals surface area contributed by atoms with Crippen LogP contribution in [0.4, 0.5) is 5.69 Å². The van der Waals surface area contributed by atoms with Crippen LogP contribution in [0.2, 0.25) is 0 Å². The molecule has 1 aromatic heterocycles. The Morgan fingerprint density at radius 1 is 0.923 bits per heavy atom. The van der Waals surface area contributed by atoms with Crippen LogP contribution in [0.25, 0.3) is 22.5 Å². The fourth-order valence-corrected chi connectivity index (χ4v) is 3.00. The number of H-pyrrole nitrogens is 1. The summed E-state index contributed by atoms with van der Waals surface area (Å²) in [5.74, 6) is 0.00416. The Kier molecular flexibility index (Phi) is 5.87. The van der Waals surface area contributed by atoms with E-state index in [1.54, 1.807) is 0 Å². The second kappa shape index (κ2) is 8.50. The number of carbonyl (C=O) groups excluding carboxylic acids is 1. The Labute approximate surface area is 154 Å². The quantitative estimate of drug-likeness (QED) is 0.655. The Hall–Kier alpha value is -2.85. The highest BCUT2D eigenvalue weighted by Crippen LogP contribution is 2.32. The highest BCUT2D eigenvalue weighted by molar-refractivity contribution is 5.97. The van der Waals surface area contributed by atoms with E-state index in [0.29, 0.717) is 6.54 Å². The van der Waals surface area contributed by atoms with E-state index in [1.165, 1.54) is 0 Å². The fraction of sp³-hybridized carbons (Fsp3) is 0.227. The largest absolute Gasteiger partial charge is 0.353 e. The lowest BCUT2D eigenvalue weighted by molar-refractivity contribution is -0.117. The van der Waals surface area contributed by atoms with Crippen LogP contribution in [0, 0.1) is 0 Å². The first-order valence-electron chi connectivity index (χ1n) is 9.07. The minimum atomic E-state index is 0.00416. The van der Waals surface area contributed by atoms with Crippen molar-refractivity contribution in [3.05, 3.63) is 66.7 Å². The molecule has 0 fully saturated rings. The molecule has 2 N–H and O–H groups in total. The van der Waals surface area contributed by atoms with Gasteiger partial charge in [-0.05, 0) is 24.7 Å². The molecule has 1 amide bonds. The number of aromatic nitrogens is 1. The van der Waals surface area contributed by atoms with Gasteiger partial charge in [-0.15, -0.1) is 0 Å². The molecular weight excluding hydrogens is 322 g/mol. The van der Waals surface area contributed by atoms with Crippen molar-refractivity contribution in [3.8, 4) is 22.5 Å². The van der Waals surface area contributed by atoms with Gasteiger partial charge in [-0.25, -0.2) is 0 Å². The molecule has 3 aromatic rings. The second-order valence-electron chi connectivity index (χ2n) is 6.21. The maximum Gasteiger partial charge on any atom is 0.238 e. The van der Waals surface area contributed by atoms with Crippen LogP contribution in [0.15, 0.2) is 66.7 Å². The molecule has 134 valence electrons. The molecule has 2 aromatic carbocycles. The molecule has 0 spiro atoms. The summed E-state index contributed by atoms with van der Waals surface area (Å²) in [6.45, 7) is 6.24. The highest BCUT2D eigenvalue weighted by atomic mass is 16.2. The minimum absolute atomic E-state index is 0.00416. The lowest BCUT2D eigenvalue weighted by Crippen LogP contribution is -2.32. The van der Waals surface area contributed by atoms with Crippen molar-refractivity contribution < 1.29 is 4.79 Å². The number of hydrogen-bond acceptors (Lipinski definition) is 2. The summed E-state index contributed by atoms with van der Waals surface area (Å²) in [4.78, 5) is 18.1. The Morgan fingerprint density at radius 3 is 2.08 bits per heavy atom. The van der Waals surface area contributed by atoms with Crippen molar-refractivity contribution in [1.82, 2.24) is 9.88 Å². The number of nitrogens with one attached hydrogen (secondary N) is 2. The number of rotatable bonds is 7. The highest BCUT2D eigenvalue weighted by Gasteiger charge is 2.15. The van der Waals surface area contributed by atoms with Gasteiger partial charge in [0, 0.05) is 11.3 Å². The van der Waals surface area contributed by atoms with E-state index in [9.17, 15) is 4.79 Å². The molecule has 0 bridgehead atoms. The molecule has 26 heavy (non-hydrogen) atoms. The lowest BCUT2D eigenvalue weighted by atomic mass is 10.1. The van der Waals surface area contributed by atoms with Gasteiger partial charge in [0.15, 0.2) is 0 Å². The Balaban J connectivity index is 1.92. The molecule has 0 aliphatic heterocycles. The normalized spacial score (nSPS) is 10.9. The summed E-state index contributed by atoms with van der Waals surface area (Å²) in [5.41, 5.74) is 4.87. The minimum Gasteiger partial charge on any atom is -0.353 e. The summed E-state index contributed by atoms with van der Waals surface area (Å²) in [7, 11) is 0. The van der Waals surface area contributed by atoms with E-state index in [-0.39, 0.29) is 5.91 Å². The molecule has 0 atom stereocenters. The number of likely N-dealkylation sites (N-methyl/N-ethyl adjacent to an activating group) is 1. The Morgan fingerprint density at radius 2 is 1.50 bits per heavy atom. The Bertz CT molecular complexity index is 836. The predicted molar refractivity (Wildman–Crippen MR) is 108 cm³/mol. The van der Waals surface area contributed by atoms with E-state index >= 15 is 0 Å². The summed E-state index contributed by atoms with van der Waals surface area (Å²) < 4.78 is 0. The summed E-state index contributed by atoms with van der Waals surface area (Å²) >= 11 is 0. The summed E-state index contributed by atoms with van der Waals surface area (Å²) in [5, 5.41) is 3.09. The van der Waals surface area contributed by atoms with Gasteiger partial charge >= 0.3 is 0 Å². The lowest BCUT2D eigenvalue weighted by Gasteiger charge is -2.17. The fourth-order valence-electron chi connectivity index (χ4n) is 3.00. The van der Waals surface area contributed by atoms with Crippen molar-refractivity contribution in [3.63, 3.8) is 0 Å². The van der Waals surface area contributed by atoms with Gasteiger partial charge in [0.05, 0.1) is 17.9 Å². The average Bonchev–Trinajstić information content (AvgIpc) is 3.11. The first kappa shape index (κ1) is 18.0. The van der Waals surface area contributed by atoms with E-state index < -0.39 is 0 Å². The zero-order chi connectivity index (χ0) is 18.4. The average molecular weight is 347 g/mol. The van der Waals surface area contributed by atoms with Crippen molar-refractivity contribution in [1.29, 1.82) is 0 Å². The maximum atomic E-state index is 12.5. The van der Waals surface area contributed by atoms with Gasteiger partial charge in [-0.1, -0.05) is 74.5 Å². The monoisotopic (exact) mass is 347 g/mol. The van der Waals surface area contributed by atoms with Gasteiger partial charge in [-0.3, -0.25) is 9.69 Å². The number of amides is 1. The van der Waals surface area contributed by atoms with Gasteiger partial charge in [0.1, 0.15) is 0 Å². The smallest absolute Gasteiger partial charge is 0.238 e. The zero-order valence-electron chi connectivity index (χ0n) is 15.3. The molecule has 4 heteroatoms. The maximum absolute atomic E-state index is 12.5. The number of benzene rings is 2. The van der Waals surface area contributed by atoms with E-state index in [1.807, 2.05) is 54.6 Å². The van der Waals surface area contributed by atoms with Crippen LogP contribution < -0.4 is 5.32 Å². The van der Waals surface area contributed by atoms with Crippen molar-refractivity contribution in [2.75, 3.05) is 25.0 Å². The number of hydrogen-bond donors (Lipinski definition) is 2. The molecule has 0 saturated carbocycles. The SMILES string of the molecule is CCN(CC)CC(=O)Nc1cc(-c2ccccc2)[nH]c1-c1ccccc1. The predicted octanol–water partition coefficient (Wildman–Crippen LogP) is 4.63. The van der Waals surface area contributed by atoms with E-state index in [2.05, 4.69) is 41.2 Å². The number of nitrogens with zero attached hydrogens (tertiary/aromatic N) is 1.